The van der Waals surface area contributed by atoms with Crippen LogP contribution in [0.4, 0.5) is 0 Å². The molecule has 0 saturated carbocycles. The number of aryl methyl sites for hydroxylation is 1. The number of ether oxygens (including phenoxy) is 2. The molecule has 0 unspecified atom stereocenters. The summed E-state index contributed by atoms with van der Waals surface area (Å²) in [6.07, 6.45) is 3.56. The highest BCUT2D eigenvalue weighted by Crippen LogP contribution is 2.28. The van der Waals surface area contributed by atoms with E-state index in [0.29, 0.717) is 0 Å². The normalized spacial score (nSPS) is 14.8. The van der Waals surface area contributed by atoms with E-state index in [1.165, 1.54) is 5.56 Å². The largest absolute Gasteiger partial charge is 0.496 e. The number of imidazole rings is 1. The third-order valence-electron chi connectivity index (χ3n) is 5.67. The number of pyridine rings is 2. The van der Waals surface area contributed by atoms with Crippen LogP contribution in [-0.2, 0) is 11.3 Å². The molecule has 1 aliphatic rings. The summed E-state index contributed by atoms with van der Waals surface area (Å²) in [5.74, 6) is 1.76. The van der Waals surface area contributed by atoms with Crippen molar-refractivity contribution in [2.45, 2.75) is 13.5 Å². The van der Waals surface area contributed by atoms with E-state index >= 15 is 0 Å². The van der Waals surface area contributed by atoms with Crippen LogP contribution in [0.25, 0.3) is 28.1 Å². The zero-order valence-electron chi connectivity index (χ0n) is 17.8. The molecule has 0 atom stereocenters. The minimum Gasteiger partial charge on any atom is -0.496 e. The molecule has 1 saturated heterocycles. The summed E-state index contributed by atoms with van der Waals surface area (Å²) in [5, 5.41) is 0. The van der Waals surface area contributed by atoms with E-state index in [9.17, 15) is 0 Å². The molecule has 158 valence electrons. The summed E-state index contributed by atoms with van der Waals surface area (Å²) >= 11 is 0. The molecule has 1 fully saturated rings. The first-order valence-corrected chi connectivity index (χ1v) is 10.5. The van der Waals surface area contributed by atoms with Gasteiger partial charge in [0.15, 0.2) is 5.65 Å². The summed E-state index contributed by atoms with van der Waals surface area (Å²) in [6, 6.07) is 14.3. The summed E-state index contributed by atoms with van der Waals surface area (Å²) in [6.45, 7) is 6.30. The Morgan fingerprint density at radius 1 is 1.00 bits per heavy atom. The molecule has 0 aliphatic carbocycles. The molecular formula is C24H25N5O2. The lowest BCUT2D eigenvalue weighted by Crippen LogP contribution is -2.35. The second kappa shape index (κ2) is 8.45. The number of benzene rings is 1. The average molecular weight is 415 g/mol. The number of morpholine rings is 1. The molecule has 0 amide bonds. The van der Waals surface area contributed by atoms with Crippen LogP contribution >= 0.6 is 0 Å². The lowest BCUT2D eigenvalue weighted by Gasteiger charge is -2.27. The second-order valence-corrected chi connectivity index (χ2v) is 7.65. The topological polar surface area (TPSA) is 65.3 Å². The predicted molar refractivity (Wildman–Crippen MR) is 119 cm³/mol. The Bertz CT molecular complexity index is 1200. The Balaban J connectivity index is 1.54. The molecule has 31 heavy (non-hydrogen) atoms. The summed E-state index contributed by atoms with van der Waals surface area (Å²) in [5.41, 5.74) is 5.77. The van der Waals surface area contributed by atoms with Gasteiger partial charge in [-0.25, -0.2) is 9.97 Å². The Kier molecular flexibility index (Phi) is 5.36. The highest BCUT2D eigenvalue weighted by Gasteiger charge is 2.17. The number of hydrogen-bond donors (Lipinski definition) is 0. The third-order valence-corrected chi connectivity index (χ3v) is 5.67. The number of hydrogen-bond acceptors (Lipinski definition) is 6. The fourth-order valence-electron chi connectivity index (χ4n) is 4.07. The number of aromatic nitrogens is 4. The van der Waals surface area contributed by atoms with Crippen LogP contribution < -0.4 is 4.74 Å². The Morgan fingerprint density at radius 3 is 2.58 bits per heavy atom. The maximum atomic E-state index is 5.75. The highest BCUT2D eigenvalue weighted by molar-refractivity contribution is 5.78. The minimum absolute atomic E-state index is 0.784. The van der Waals surface area contributed by atoms with Gasteiger partial charge in [-0.1, -0.05) is 6.07 Å². The van der Waals surface area contributed by atoms with Crippen molar-refractivity contribution in [3.63, 3.8) is 0 Å². The van der Waals surface area contributed by atoms with Crippen LogP contribution in [0, 0.1) is 6.92 Å². The van der Waals surface area contributed by atoms with Gasteiger partial charge in [-0.05, 0) is 37.3 Å². The number of fused-ring (bicyclic) bond motifs is 1. The van der Waals surface area contributed by atoms with Gasteiger partial charge >= 0.3 is 0 Å². The molecule has 1 aliphatic heterocycles. The first-order chi connectivity index (χ1) is 15.2. The van der Waals surface area contributed by atoms with Crippen molar-refractivity contribution in [2.24, 2.45) is 0 Å². The van der Waals surface area contributed by atoms with Gasteiger partial charge in [-0.15, -0.1) is 0 Å². The SMILES string of the molecule is COc1cc(-n2c(C)nc3ccc(-c4ccncc4)nc32)ccc1CN1CCOCC1. The molecule has 4 aromatic rings. The van der Waals surface area contributed by atoms with E-state index in [1.807, 2.05) is 31.2 Å². The lowest BCUT2D eigenvalue weighted by atomic mass is 10.1. The van der Waals surface area contributed by atoms with E-state index in [-0.39, 0.29) is 0 Å². The summed E-state index contributed by atoms with van der Waals surface area (Å²) < 4.78 is 13.3. The molecule has 1 aromatic carbocycles. The van der Waals surface area contributed by atoms with Crippen LogP contribution in [0.1, 0.15) is 11.4 Å². The Hall–Kier alpha value is -3.29. The van der Waals surface area contributed by atoms with E-state index < -0.39 is 0 Å². The summed E-state index contributed by atoms with van der Waals surface area (Å²) in [4.78, 5) is 16.1. The molecule has 0 N–H and O–H groups in total. The van der Waals surface area contributed by atoms with Gasteiger partial charge in [-0.2, -0.15) is 0 Å². The van der Waals surface area contributed by atoms with Crippen molar-refractivity contribution in [3.8, 4) is 22.7 Å². The average Bonchev–Trinajstić information content (AvgIpc) is 3.15. The minimum atomic E-state index is 0.784. The smallest absolute Gasteiger partial charge is 0.165 e. The van der Waals surface area contributed by atoms with Crippen LogP contribution in [-0.4, -0.2) is 57.8 Å². The van der Waals surface area contributed by atoms with Crippen molar-refractivity contribution in [2.75, 3.05) is 33.4 Å². The van der Waals surface area contributed by atoms with Crippen LogP contribution in [0.2, 0.25) is 0 Å². The fourth-order valence-corrected chi connectivity index (χ4v) is 4.07. The van der Waals surface area contributed by atoms with E-state index in [2.05, 4.69) is 32.7 Å². The number of nitrogens with zero attached hydrogens (tertiary/aromatic N) is 5. The number of methoxy groups -OCH3 is 1. The molecule has 5 rings (SSSR count). The van der Waals surface area contributed by atoms with Gasteiger partial charge in [-0.3, -0.25) is 14.5 Å². The first-order valence-electron chi connectivity index (χ1n) is 10.5. The van der Waals surface area contributed by atoms with Gasteiger partial charge < -0.3 is 9.47 Å². The lowest BCUT2D eigenvalue weighted by molar-refractivity contribution is 0.0339. The molecule has 7 heteroatoms. The molecule has 7 nitrogen and oxygen atoms in total. The molecule has 4 heterocycles. The van der Waals surface area contributed by atoms with Gasteiger partial charge in [0.2, 0.25) is 0 Å². The first kappa shape index (κ1) is 19.7. The van der Waals surface area contributed by atoms with E-state index in [4.69, 9.17) is 19.4 Å². The Labute approximate surface area is 181 Å². The monoisotopic (exact) mass is 415 g/mol. The van der Waals surface area contributed by atoms with Crippen LogP contribution in [0.5, 0.6) is 5.75 Å². The van der Waals surface area contributed by atoms with Crippen molar-refractivity contribution in [1.82, 2.24) is 24.4 Å². The van der Waals surface area contributed by atoms with Gasteiger partial charge in [0, 0.05) is 49.2 Å². The number of rotatable bonds is 5. The predicted octanol–water partition coefficient (Wildman–Crippen LogP) is 3.63. The quantitative estimate of drug-likeness (QED) is 0.496. The molecular weight excluding hydrogens is 390 g/mol. The highest BCUT2D eigenvalue weighted by atomic mass is 16.5. The fraction of sp³-hybridized carbons (Fsp3) is 0.292. The van der Waals surface area contributed by atoms with Crippen molar-refractivity contribution in [3.05, 3.63) is 66.2 Å². The second-order valence-electron chi connectivity index (χ2n) is 7.65. The van der Waals surface area contributed by atoms with Crippen molar-refractivity contribution >= 4 is 11.2 Å². The molecule has 3 aromatic heterocycles. The van der Waals surface area contributed by atoms with Crippen LogP contribution in [0.3, 0.4) is 0 Å². The maximum absolute atomic E-state index is 5.75. The summed E-state index contributed by atoms with van der Waals surface area (Å²) in [7, 11) is 1.72. The van der Waals surface area contributed by atoms with Gasteiger partial charge in [0.1, 0.15) is 17.1 Å². The van der Waals surface area contributed by atoms with Gasteiger partial charge in [0.25, 0.3) is 0 Å². The van der Waals surface area contributed by atoms with Crippen LogP contribution in [0.15, 0.2) is 54.9 Å². The maximum Gasteiger partial charge on any atom is 0.165 e. The zero-order chi connectivity index (χ0) is 21.2. The van der Waals surface area contributed by atoms with E-state index in [1.54, 1.807) is 19.5 Å². The van der Waals surface area contributed by atoms with Gasteiger partial charge in [0.05, 0.1) is 31.7 Å². The molecule has 0 radical (unpaired) electrons. The van der Waals surface area contributed by atoms with Crippen molar-refractivity contribution < 1.29 is 9.47 Å². The molecule has 0 bridgehead atoms. The molecule has 0 spiro atoms. The standard InChI is InChI=1S/C24H25N5O2/c1-17-26-22-6-5-21(18-7-9-25-10-8-18)27-24(22)29(17)20-4-3-19(23(15-20)30-2)16-28-11-13-31-14-12-28/h3-10,15H,11-14,16H2,1-2H3. The zero-order valence-corrected chi connectivity index (χ0v) is 17.8. The van der Waals surface area contributed by atoms with E-state index in [0.717, 1.165) is 72.5 Å². The van der Waals surface area contributed by atoms with Crippen molar-refractivity contribution in [1.29, 1.82) is 0 Å². The Morgan fingerprint density at radius 2 is 1.81 bits per heavy atom. The third kappa shape index (κ3) is 3.89.